The van der Waals surface area contributed by atoms with E-state index in [-0.39, 0.29) is 18.0 Å². The molecule has 0 amide bonds. The van der Waals surface area contributed by atoms with Crippen LogP contribution >= 0.6 is 0 Å². The average molecular weight is 346 g/mol. The first-order chi connectivity index (χ1) is 11.2. The van der Waals surface area contributed by atoms with Crippen molar-refractivity contribution in [2.75, 3.05) is 13.1 Å². The molecule has 0 aliphatic rings. The summed E-state index contributed by atoms with van der Waals surface area (Å²) in [4.78, 5) is 0.258. The molecule has 0 heterocycles. The van der Waals surface area contributed by atoms with Gasteiger partial charge in [0.2, 0.25) is 10.0 Å². The summed E-state index contributed by atoms with van der Waals surface area (Å²) in [5.41, 5.74) is 5.44. The van der Waals surface area contributed by atoms with Crippen LogP contribution in [0.4, 0.5) is 0 Å². The summed E-state index contributed by atoms with van der Waals surface area (Å²) in [7, 11) is -3.61. The van der Waals surface area contributed by atoms with E-state index in [4.69, 9.17) is 6.42 Å². The van der Waals surface area contributed by atoms with E-state index in [9.17, 15) is 8.42 Å². The number of terminal acetylenes is 1. The Morgan fingerprint density at radius 3 is 2.17 bits per heavy atom. The maximum Gasteiger partial charge on any atom is 0.244 e. The summed E-state index contributed by atoms with van der Waals surface area (Å²) in [6.45, 7) is 10.6. The normalized spacial score (nSPS) is 11.5. The number of aryl methyl sites for hydroxylation is 1. The highest BCUT2D eigenvalue weighted by molar-refractivity contribution is 7.89. The highest BCUT2D eigenvalue weighted by atomic mass is 32.2. The van der Waals surface area contributed by atoms with Crippen molar-refractivity contribution in [3.63, 3.8) is 0 Å². The maximum absolute atomic E-state index is 12.8. The Bertz CT molecular complexity index is 734. The van der Waals surface area contributed by atoms with Crippen molar-refractivity contribution in [2.24, 2.45) is 11.8 Å². The Kier molecular flexibility index (Phi) is 7.51. The minimum absolute atomic E-state index is 0.0348. The van der Waals surface area contributed by atoms with Gasteiger partial charge in [-0.05, 0) is 42.5 Å². The second-order valence-electron chi connectivity index (χ2n) is 6.43. The van der Waals surface area contributed by atoms with Gasteiger partial charge in [0.1, 0.15) is 0 Å². The predicted molar refractivity (Wildman–Crippen MR) is 100 cm³/mol. The fourth-order valence-electron chi connectivity index (χ4n) is 2.47. The summed E-state index contributed by atoms with van der Waals surface area (Å²) in [6.07, 6.45) is 7.12. The van der Waals surface area contributed by atoms with Crippen molar-refractivity contribution in [2.45, 2.75) is 39.5 Å². The lowest BCUT2D eigenvalue weighted by molar-refractivity contribution is 0.478. The first-order valence-corrected chi connectivity index (χ1v) is 9.59. The minimum Gasteiger partial charge on any atom is -0.207 e. The van der Waals surface area contributed by atoms with Gasteiger partial charge in [-0.2, -0.15) is 4.31 Å². The van der Waals surface area contributed by atoms with Crippen molar-refractivity contribution in [1.29, 1.82) is 0 Å². The van der Waals surface area contributed by atoms with Crippen LogP contribution in [0.2, 0.25) is 0 Å². The lowest BCUT2D eigenvalue weighted by Gasteiger charge is -2.18. The molecule has 130 valence electrons. The molecule has 0 bridgehead atoms. The van der Waals surface area contributed by atoms with Gasteiger partial charge in [-0.25, -0.2) is 8.42 Å². The molecule has 0 saturated heterocycles. The molecule has 1 rings (SSSR count). The number of hydrogen-bond acceptors (Lipinski definition) is 2. The number of hydrogen-bond donors (Lipinski definition) is 0. The van der Waals surface area contributed by atoms with E-state index in [1.807, 2.05) is 6.92 Å². The summed E-state index contributed by atoms with van der Waals surface area (Å²) >= 11 is 0. The summed E-state index contributed by atoms with van der Waals surface area (Å²) in [5, 5.41) is 0. The molecule has 1 aromatic rings. The van der Waals surface area contributed by atoms with Gasteiger partial charge in [-0.1, -0.05) is 51.3 Å². The molecule has 0 aromatic heterocycles. The second kappa shape index (κ2) is 8.89. The van der Waals surface area contributed by atoms with Crippen LogP contribution in [-0.2, 0) is 10.0 Å². The molecule has 0 aliphatic heterocycles. The highest BCUT2D eigenvalue weighted by Crippen LogP contribution is 2.18. The zero-order chi connectivity index (χ0) is 18.3. The van der Waals surface area contributed by atoms with Gasteiger partial charge in [-0.3, -0.25) is 0 Å². The molecule has 0 atom stereocenters. The third kappa shape index (κ3) is 5.39. The topological polar surface area (TPSA) is 37.4 Å². The highest BCUT2D eigenvalue weighted by Gasteiger charge is 2.22. The Morgan fingerprint density at radius 1 is 1.17 bits per heavy atom. The molecule has 3 nitrogen and oxygen atoms in total. The Balaban J connectivity index is 3.13. The van der Waals surface area contributed by atoms with Gasteiger partial charge >= 0.3 is 0 Å². The number of rotatable bonds is 7. The first kappa shape index (κ1) is 20.3. The monoisotopic (exact) mass is 345 g/mol. The SMILES string of the molecule is C#CCN(CC=C=C(C(C)C)C(C)C)S(=O)(=O)c1ccc(C)cc1. The molecule has 0 fully saturated rings. The van der Waals surface area contributed by atoms with Crippen LogP contribution in [-0.4, -0.2) is 25.8 Å². The van der Waals surface area contributed by atoms with Crippen LogP contribution in [0.25, 0.3) is 0 Å². The number of sulfonamides is 1. The average Bonchev–Trinajstić information content (AvgIpc) is 2.49. The minimum atomic E-state index is -3.61. The quantitative estimate of drug-likeness (QED) is 0.553. The molecule has 4 heteroatoms. The predicted octanol–water partition coefficient (Wildman–Crippen LogP) is 4.01. The van der Waals surface area contributed by atoms with E-state index >= 15 is 0 Å². The molecule has 0 radical (unpaired) electrons. The van der Waals surface area contributed by atoms with E-state index in [1.165, 1.54) is 9.88 Å². The number of benzene rings is 1. The molecular weight excluding hydrogens is 318 g/mol. The largest absolute Gasteiger partial charge is 0.244 e. The van der Waals surface area contributed by atoms with E-state index in [1.54, 1.807) is 30.3 Å². The van der Waals surface area contributed by atoms with E-state index in [2.05, 4.69) is 39.3 Å². The Labute approximate surface area is 147 Å². The molecule has 0 aliphatic carbocycles. The van der Waals surface area contributed by atoms with E-state index in [0.29, 0.717) is 11.8 Å². The fourth-order valence-corrected chi connectivity index (χ4v) is 3.77. The molecule has 0 unspecified atom stereocenters. The van der Waals surface area contributed by atoms with Crippen LogP contribution in [0, 0.1) is 31.1 Å². The summed E-state index contributed by atoms with van der Waals surface area (Å²) in [5.74, 6) is 3.17. The molecule has 24 heavy (non-hydrogen) atoms. The summed E-state index contributed by atoms with van der Waals surface area (Å²) < 4.78 is 26.8. The zero-order valence-corrected chi connectivity index (χ0v) is 16.0. The molecule has 0 spiro atoms. The van der Waals surface area contributed by atoms with Gasteiger partial charge in [0, 0.05) is 6.54 Å². The van der Waals surface area contributed by atoms with Crippen LogP contribution in [0.5, 0.6) is 0 Å². The van der Waals surface area contributed by atoms with Crippen molar-refractivity contribution in [3.05, 3.63) is 47.2 Å². The van der Waals surface area contributed by atoms with Gasteiger partial charge in [0.15, 0.2) is 0 Å². The van der Waals surface area contributed by atoms with Crippen LogP contribution in [0.15, 0.2) is 46.5 Å². The molecule has 0 saturated carbocycles. The first-order valence-electron chi connectivity index (χ1n) is 8.15. The van der Waals surface area contributed by atoms with Gasteiger partial charge in [0.05, 0.1) is 11.4 Å². The third-order valence-electron chi connectivity index (χ3n) is 3.73. The van der Waals surface area contributed by atoms with E-state index in [0.717, 1.165) is 5.56 Å². The van der Waals surface area contributed by atoms with Crippen LogP contribution in [0.3, 0.4) is 0 Å². The molecule has 1 aromatic carbocycles. The zero-order valence-electron chi connectivity index (χ0n) is 15.2. The van der Waals surface area contributed by atoms with E-state index < -0.39 is 10.0 Å². The Morgan fingerprint density at radius 2 is 1.71 bits per heavy atom. The van der Waals surface area contributed by atoms with Crippen molar-refractivity contribution < 1.29 is 8.42 Å². The Hall–Kier alpha value is -1.79. The molecule has 0 N–H and O–H groups in total. The standard InChI is InChI=1S/C20H27NO2S/c1-7-14-21(15-8-9-20(16(2)3)17(4)5)24(22,23)19-12-10-18(6)11-13-19/h1,8,10-13,16-17H,14-15H2,2-6H3. The van der Waals surface area contributed by atoms with Crippen molar-refractivity contribution in [3.8, 4) is 12.3 Å². The fraction of sp³-hybridized carbons (Fsp3) is 0.450. The third-order valence-corrected chi connectivity index (χ3v) is 5.56. The lowest BCUT2D eigenvalue weighted by Crippen LogP contribution is -2.31. The van der Waals surface area contributed by atoms with Crippen molar-refractivity contribution in [1.82, 2.24) is 4.31 Å². The molecular formula is C20H27NO2S. The van der Waals surface area contributed by atoms with Crippen molar-refractivity contribution >= 4 is 10.0 Å². The van der Waals surface area contributed by atoms with Gasteiger partial charge < -0.3 is 0 Å². The lowest BCUT2D eigenvalue weighted by atomic mass is 9.93. The summed E-state index contributed by atoms with van der Waals surface area (Å²) in [6, 6.07) is 6.79. The maximum atomic E-state index is 12.8. The van der Waals surface area contributed by atoms with Crippen LogP contribution < -0.4 is 0 Å². The smallest absolute Gasteiger partial charge is 0.207 e. The van der Waals surface area contributed by atoms with Crippen LogP contribution in [0.1, 0.15) is 33.3 Å². The number of nitrogens with zero attached hydrogens (tertiary/aromatic N) is 1. The van der Waals surface area contributed by atoms with Gasteiger partial charge in [-0.15, -0.1) is 12.2 Å². The van der Waals surface area contributed by atoms with Gasteiger partial charge in [0.25, 0.3) is 0 Å². The second-order valence-corrected chi connectivity index (χ2v) is 8.37.